The number of carbonyl (C=O) groups excluding carboxylic acids is 1. The standard InChI is InChI=1S/C17H19ClN2O4S/c1-12(17(21)19-15-6-4-5-7-16(15)24-2)20(25(3,22)23)14-10-8-13(18)9-11-14/h4-12H,1-3H3,(H,19,21). The molecular formula is C17H19ClN2O4S. The molecule has 0 aliphatic heterocycles. The predicted molar refractivity (Wildman–Crippen MR) is 99.9 cm³/mol. The molecule has 1 N–H and O–H groups in total. The number of anilines is 2. The number of nitrogens with zero attached hydrogens (tertiary/aromatic N) is 1. The first-order valence-corrected chi connectivity index (χ1v) is 9.65. The third kappa shape index (κ3) is 4.64. The van der Waals surface area contributed by atoms with E-state index in [9.17, 15) is 13.2 Å². The molecule has 0 aromatic heterocycles. The van der Waals surface area contributed by atoms with Crippen molar-refractivity contribution in [1.29, 1.82) is 0 Å². The number of para-hydroxylation sites is 2. The molecule has 0 heterocycles. The maximum absolute atomic E-state index is 12.6. The molecule has 0 bridgehead atoms. The Hall–Kier alpha value is -2.25. The SMILES string of the molecule is COc1ccccc1NC(=O)C(C)N(c1ccc(Cl)cc1)S(C)(=O)=O. The van der Waals surface area contributed by atoms with Crippen LogP contribution in [0.5, 0.6) is 5.75 Å². The van der Waals surface area contributed by atoms with Crippen LogP contribution < -0.4 is 14.4 Å². The van der Waals surface area contributed by atoms with Gasteiger partial charge in [0.2, 0.25) is 15.9 Å². The van der Waals surface area contributed by atoms with Gasteiger partial charge in [-0.05, 0) is 43.3 Å². The van der Waals surface area contributed by atoms with Crippen LogP contribution in [0, 0.1) is 0 Å². The van der Waals surface area contributed by atoms with Gasteiger partial charge in [-0.25, -0.2) is 8.42 Å². The Balaban J connectivity index is 2.31. The van der Waals surface area contributed by atoms with E-state index in [2.05, 4.69) is 5.32 Å². The Morgan fingerprint density at radius 1 is 1.16 bits per heavy atom. The monoisotopic (exact) mass is 382 g/mol. The second-order valence-electron chi connectivity index (χ2n) is 5.40. The van der Waals surface area contributed by atoms with Gasteiger partial charge >= 0.3 is 0 Å². The summed E-state index contributed by atoms with van der Waals surface area (Å²) in [7, 11) is -2.19. The smallest absolute Gasteiger partial charge is 0.248 e. The number of nitrogens with one attached hydrogen (secondary N) is 1. The van der Waals surface area contributed by atoms with Crippen molar-refractivity contribution in [2.75, 3.05) is 23.0 Å². The van der Waals surface area contributed by atoms with Crippen LogP contribution in [0.15, 0.2) is 48.5 Å². The summed E-state index contributed by atoms with van der Waals surface area (Å²) >= 11 is 5.85. The summed E-state index contributed by atoms with van der Waals surface area (Å²) in [4.78, 5) is 12.6. The van der Waals surface area contributed by atoms with E-state index in [4.69, 9.17) is 16.3 Å². The fourth-order valence-electron chi connectivity index (χ4n) is 2.38. The normalized spacial score (nSPS) is 12.3. The van der Waals surface area contributed by atoms with Crippen molar-refractivity contribution in [3.63, 3.8) is 0 Å². The predicted octanol–water partition coefficient (Wildman–Crippen LogP) is 3.14. The molecule has 0 saturated carbocycles. The Labute approximate surface area is 152 Å². The highest BCUT2D eigenvalue weighted by molar-refractivity contribution is 7.92. The average molecular weight is 383 g/mol. The van der Waals surface area contributed by atoms with Crippen LogP contribution in [-0.4, -0.2) is 33.7 Å². The van der Waals surface area contributed by atoms with E-state index < -0.39 is 22.0 Å². The average Bonchev–Trinajstić information content (AvgIpc) is 2.56. The third-order valence-electron chi connectivity index (χ3n) is 3.53. The molecule has 8 heteroatoms. The highest BCUT2D eigenvalue weighted by Gasteiger charge is 2.29. The summed E-state index contributed by atoms with van der Waals surface area (Å²) in [6.07, 6.45) is 1.05. The molecule has 2 aromatic carbocycles. The van der Waals surface area contributed by atoms with Gasteiger partial charge in [0.25, 0.3) is 0 Å². The van der Waals surface area contributed by atoms with E-state index in [0.717, 1.165) is 10.6 Å². The number of hydrogen-bond donors (Lipinski definition) is 1. The zero-order chi connectivity index (χ0) is 18.6. The van der Waals surface area contributed by atoms with Gasteiger partial charge in [-0.1, -0.05) is 23.7 Å². The van der Waals surface area contributed by atoms with Crippen molar-refractivity contribution < 1.29 is 17.9 Å². The molecule has 25 heavy (non-hydrogen) atoms. The first-order chi connectivity index (χ1) is 11.7. The molecule has 0 aliphatic rings. The molecule has 0 spiro atoms. The molecule has 0 aliphatic carbocycles. The second-order valence-corrected chi connectivity index (χ2v) is 7.70. The van der Waals surface area contributed by atoms with E-state index in [1.54, 1.807) is 48.5 Å². The van der Waals surface area contributed by atoms with Crippen LogP contribution in [0.25, 0.3) is 0 Å². The molecule has 2 rings (SSSR count). The van der Waals surface area contributed by atoms with Crippen LogP contribution in [0.2, 0.25) is 5.02 Å². The molecule has 1 amide bonds. The van der Waals surface area contributed by atoms with Gasteiger partial charge < -0.3 is 10.1 Å². The summed E-state index contributed by atoms with van der Waals surface area (Å²) in [6, 6.07) is 12.2. The molecule has 2 aromatic rings. The lowest BCUT2D eigenvalue weighted by Gasteiger charge is -2.28. The van der Waals surface area contributed by atoms with Gasteiger partial charge in [0.15, 0.2) is 0 Å². The van der Waals surface area contributed by atoms with E-state index in [-0.39, 0.29) is 0 Å². The Bertz CT molecular complexity index is 853. The minimum absolute atomic E-state index is 0.356. The van der Waals surface area contributed by atoms with Crippen molar-refractivity contribution in [2.45, 2.75) is 13.0 Å². The number of methoxy groups -OCH3 is 1. The molecule has 0 fully saturated rings. The molecule has 0 saturated heterocycles. The molecule has 0 radical (unpaired) electrons. The number of benzene rings is 2. The number of rotatable bonds is 6. The fourth-order valence-corrected chi connectivity index (χ4v) is 3.68. The van der Waals surface area contributed by atoms with Crippen molar-refractivity contribution in [2.24, 2.45) is 0 Å². The van der Waals surface area contributed by atoms with Crippen LogP contribution in [0.4, 0.5) is 11.4 Å². The molecule has 6 nitrogen and oxygen atoms in total. The van der Waals surface area contributed by atoms with Gasteiger partial charge in [0, 0.05) is 5.02 Å². The number of ether oxygens (including phenoxy) is 1. The quantitative estimate of drug-likeness (QED) is 0.832. The Morgan fingerprint density at radius 2 is 1.76 bits per heavy atom. The lowest BCUT2D eigenvalue weighted by molar-refractivity contribution is -0.116. The van der Waals surface area contributed by atoms with Crippen LogP contribution in [-0.2, 0) is 14.8 Å². The summed E-state index contributed by atoms with van der Waals surface area (Å²) in [6.45, 7) is 1.51. The summed E-state index contributed by atoms with van der Waals surface area (Å²) in [5.41, 5.74) is 0.820. The van der Waals surface area contributed by atoms with Crippen molar-refractivity contribution in [1.82, 2.24) is 0 Å². The minimum Gasteiger partial charge on any atom is -0.495 e. The van der Waals surface area contributed by atoms with Crippen LogP contribution in [0.3, 0.4) is 0 Å². The third-order valence-corrected chi connectivity index (χ3v) is 5.03. The first-order valence-electron chi connectivity index (χ1n) is 7.43. The van der Waals surface area contributed by atoms with Gasteiger partial charge in [0.1, 0.15) is 11.8 Å². The highest BCUT2D eigenvalue weighted by Crippen LogP contribution is 2.26. The van der Waals surface area contributed by atoms with Gasteiger partial charge in [-0.3, -0.25) is 9.10 Å². The zero-order valence-corrected chi connectivity index (χ0v) is 15.6. The number of carbonyl (C=O) groups is 1. The van der Waals surface area contributed by atoms with Crippen molar-refractivity contribution >= 4 is 38.9 Å². The number of halogens is 1. The first kappa shape index (κ1) is 19.1. The van der Waals surface area contributed by atoms with Gasteiger partial charge in [0.05, 0.1) is 24.7 Å². The number of sulfonamides is 1. The topological polar surface area (TPSA) is 75.7 Å². The molecule has 1 atom stereocenters. The lowest BCUT2D eigenvalue weighted by atomic mass is 10.2. The maximum Gasteiger partial charge on any atom is 0.248 e. The largest absolute Gasteiger partial charge is 0.495 e. The summed E-state index contributed by atoms with van der Waals surface area (Å²) < 4.78 is 30.7. The van der Waals surface area contributed by atoms with E-state index in [1.807, 2.05) is 0 Å². The second kappa shape index (κ2) is 7.76. The maximum atomic E-state index is 12.6. The number of amides is 1. The van der Waals surface area contributed by atoms with Crippen LogP contribution >= 0.6 is 11.6 Å². The van der Waals surface area contributed by atoms with E-state index >= 15 is 0 Å². The van der Waals surface area contributed by atoms with Crippen molar-refractivity contribution in [3.05, 3.63) is 53.6 Å². The van der Waals surface area contributed by atoms with E-state index in [0.29, 0.717) is 22.1 Å². The molecule has 1 unspecified atom stereocenters. The lowest BCUT2D eigenvalue weighted by Crippen LogP contribution is -2.45. The number of hydrogen-bond acceptors (Lipinski definition) is 4. The van der Waals surface area contributed by atoms with Crippen LogP contribution in [0.1, 0.15) is 6.92 Å². The molecular weight excluding hydrogens is 364 g/mol. The van der Waals surface area contributed by atoms with E-state index in [1.165, 1.54) is 14.0 Å². The van der Waals surface area contributed by atoms with Gasteiger partial charge in [-0.15, -0.1) is 0 Å². The Morgan fingerprint density at radius 3 is 2.32 bits per heavy atom. The molecule has 134 valence electrons. The summed E-state index contributed by atoms with van der Waals surface area (Å²) in [5.74, 6) is 0.00493. The van der Waals surface area contributed by atoms with Gasteiger partial charge in [-0.2, -0.15) is 0 Å². The zero-order valence-electron chi connectivity index (χ0n) is 14.1. The highest BCUT2D eigenvalue weighted by atomic mass is 35.5. The summed E-state index contributed by atoms with van der Waals surface area (Å²) in [5, 5.41) is 3.17. The minimum atomic E-state index is -3.68. The Kier molecular flexibility index (Phi) is 5.92. The fraction of sp³-hybridized carbons (Fsp3) is 0.235. The van der Waals surface area contributed by atoms with Crippen molar-refractivity contribution in [3.8, 4) is 5.75 Å².